The Morgan fingerprint density at radius 3 is 2.87 bits per heavy atom. The molecule has 0 bridgehead atoms. The minimum Gasteiger partial charge on any atom is -0.458 e. The second-order valence-electron chi connectivity index (χ2n) is 6.87. The third kappa shape index (κ3) is 2.20. The number of benzene rings is 1. The van der Waals surface area contributed by atoms with Crippen LogP contribution in [0.4, 0.5) is 11.7 Å². The molecular weight excluding hydrogens is 408 g/mol. The van der Waals surface area contributed by atoms with Crippen LogP contribution in [0.5, 0.6) is 0 Å². The summed E-state index contributed by atoms with van der Waals surface area (Å²) in [7, 11) is 0. The number of hydrogen-bond acceptors (Lipinski definition) is 10. The van der Waals surface area contributed by atoms with Gasteiger partial charge in [0.05, 0.1) is 11.9 Å². The quantitative estimate of drug-likeness (QED) is 0.351. The molecule has 3 aliphatic rings. The molecule has 0 aliphatic carbocycles. The number of aromatic nitrogens is 2. The molecule has 0 fully saturated rings. The number of nitriles is 1. The van der Waals surface area contributed by atoms with Gasteiger partial charge in [-0.05, 0) is 25.1 Å². The van der Waals surface area contributed by atoms with Crippen LogP contribution in [-0.4, -0.2) is 32.0 Å². The average Bonchev–Trinajstić information content (AvgIpc) is 3.53. The summed E-state index contributed by atoms with van der Waals surface area (Å²) >= 11 is 6.58. The molecule has 0 radical (unpaired) electrons. The topological polar surface area (TPSA) is 101 Å². The number of rotatable bonds is 2. The molecule has 0 N–H and O–H groups in total. The number of hydrogen-bond donors (Lipinski definition) is 0. The van der Waals surface area contributed by atoms with Crippen LogP contribution < -0.4 is 9.91 Å². The molecule has 0 amide bonds. The van der Waals surface area contributed by atoms with Gasteiger partial charge in [-0.1, -0.05) is 35.0 Å². The van der Waals surface area contributed by atoms with E-state index < -0.39 is 5.62 Å². The fourth-order valence-corrected chi connectivity index (χ4v) is 4.11. The van der Waals surface area contributed by atoms with Crippen molar-refractivity contribution in [1.29, 1.82) is 5.26 Å². The predicted octanol–water partition coefficient (Wildman–Crippen LogP) is 3.34. The fraction of sp³-hybridized carbons (Fsp3) is 0.158. The lowest BCUT2D eigenvalue weighted by Gasteiger charge is -2.42. The van der Waals surface area contributed by atoms with Gasteiger partial charge in [0.1, 0.15) is 12.1 Å². The first-order chi connectivity index (χ1) is 14.7. The molecule has 30 heavy (non-hydrogen) atoms. The van der Waals surface area contributed by atoms with Crippen LogP contribution in [0.25, 0.3) is 11.6 Å². The van der Waals surface area contributed by atoms with Crippen molar-refractivity contribution in [2.75, 3.05) is 9.91 Å². The average molecular weight is 421 g/mol. The van der Waals surface area contributed by atoms with Gasteiger partial charge in [0, 0.05) is 5.56 Å². The van der Waals surface area contributed by atoms with Crippen molar-refractivity contribution in [2.45, 2.75) is 18.7 Å². The minimum atomic E-state index is -0.695. The zero-order valence-corrected chi connectivity index (χ0v) is 16.3. The zero-order chi connectivity index (χ0) is 20.4. The van der Waals surface area contributed by atoms with E-state index in [1.54, 1.807) is 23.6 Å². The number of fused-ring (bicyclic) bond motifs is 6. The molecule has 2 unspecified atom stereocenters. The Kier molecular flexibility index (Phi) is 3.39. The first-order valence-corrected chi connectivity index (χ1v) is 9.53. The van der Waals surface area contributed by atoms with Crippen LogP contribution in [0.2, 0.25) is 0 Å². The summed E-state index contributed by atoms with van der Waals surface area (Å²) in [5.74, 6) is 2.27. The Balaban J connectivity index is 1.44. The highest BCUT2D eigenvalue weighted by Crippen LogP contribution is 2.48. The number of aliphatic imine (C=N–C) groups is 1. The molecule has 3 aromatic rings. The number of aryl methyl sites for hydroxylation is 1. The maximum atomic E-state index is 9.49. The van der Waals surface area contributed by atoms with E-state index in [-0.39, 0.29) is 12.2 Å². The van der Waals surface area contributed by atoms with E-state index >= 15 is 0 Å². The van der Waals surface area contributed by atoms with E-state index in [1.807, 2.05) is 47.2 Å². The molecule has 2 atom stereocenters. The minimum absolute atomic E-state index is 0.215. The van der Waals surface area contributed by atoms with Gasteiger partial charge in [0.25, 0.3) is 0 Å². The summed E-state index contributed by atoms with van der Waals surface area (Å²) in [6.45, 7) is 1.85. The molecule has 0 saturated heterocycles. The smallest absolute Gasteiger partial charge is 0.349 e. The normalized spacial score (nSPS) is 21.4. The Labute approximate surface area is 175 Å². The predicted molar refractivity (Wildman–Crippen MR) is 106 cm³/mol. The van der Waals surface area contributed by atoms with Gasteiger partial charge >= 0.3 is 6.01 Å². The lowest BCUT2D eigenvalue weighted by molar-refractivity contribution is 0.260. The van der Waals surface area contributed by atoms with E-state index in [0.717, 1.165) is 17.0 Å². The molecule has 11 heteroatoms. The molecule has 0 saturated carbocycles. The van der Waals surface area contributed by atoms with E-state index in [0.29, 0.717) is 17.4 Å². The fourth-order valence-electron chi connectivity index (χ4n) is 3.81. The molecule has 0 spiro atoms. The van der Waals surface area contributed by atoms with Gasteiger partial charge in [-0.3, -0.25) is 4.90 Å². The molecule has 6 rings (SSSR count). The number of para-hydroxylation sites is 1. The second-order valence-corrected chi connectivity index (χ2v) is 7.26. The van der Waals surface area contributed by atoms with Crippen LogP contribution in [0, 0.1) is 18.4 Å². The van der Waals surface area contributed by atoms with Gasteiger partial charge in [0.15, 0.2) is 29.6 Å². The van der Waals surface area contributed by atoms with Crippen LogP contribution in [0.1, 0.15) is 17.5 Å². The number of alkyl halides is 1. The van der Waals surface area contributed by atoms with Gasteiger partial charge in [0.2, 0.25) is 5.82 Å². The summed E-state index contributed by atoms with van der Waals surface area (Å²) in [5, 5.41) is 17.0. The van der Waals surface area contributed by atoms with E-state index in [1.165, 1.54) is 4.90 Å². The van der Waals surface area contributed by atoms with Crippen molar-refractivity contribution in [3.63, 3.8) is 0 Å². The molecule has 5 heterocycles. The molecule has 1 aromatic carbocycles. The van der Waals surface area contributed by atoms with Crippen molar-refractivity contribution >= 4 is 29.6 Å². The first-order valence-electron chi connectivity index (χ1n) is 9.10. The lowest BCUT2D eigenvalue weighted by Crippen LogP contribution is -2.48. The first kappa shape index (κ1) is 16.9. The largest absolute Gasteiger partial charge is 0.458 e. The maximum Gasteiger partial charge on any atom is 0.349 e. The third-order valence-corrected chi connectivity index (χ3v) is 5.53. The zero-order valence-electron chi connectivity index (χ0n) is 15.5. The highest BCUT2D eigenvalue weighted by molar-refractivity contribution is 6.22. The lowest BCUT2D eigenvalue weighted by atomic mass is 10.1. The van der Waals surface area contributed by atoms with Crippen LogP contribution in [-0.2, 0) is 0 Å². The summed E-state index contributed by atoms with van der Waals surface area (Å²) in [6, 6.07) is 11.6. The van der Waals surface area contributed by atoms with Crippen molar-refractivity contribution in [2.24, 2.45) is 4.99 Å². The van der Waals surface area contributed by atoms with E-state index in [9.17, 15) is 5.26 Å². The van der Waals surface area contributed by atoms with Crippen LogP contribution >= 0.6 is 11.6 Å². The van der Waals surface area contributed by atoms with Crippen molar-refractivity contribution in [3.8, 4) is 17.8 Å². The van der Waals surface area contributed by atoms with E-state index in [4.69, 9.17) is 20.5 Å². The van der Waals surface area contributed by atoms with Gasteiger partial charge < -0.3 is 8.94 Å². The molecular formula is C19H13ClN8O2. The summed E-state index contributed by atoms with van der Waals surface area (Å²) < 4.78 is 11.1. The number of halogens is 1. The summed E-state index contributed by atoms with van der Waals surface area (Å²) in [5.41, 5.74) is 1.14. The van der Waals surface area contributed by atoms with Gasteiger partial charge in [-0.25, -0.2) is 14.9 Å². The summed E-state index contributed by atoms with van der Waals surface area (Å²) in [4.78, 5) is 12.3. The Morgan fingerprint density at radius 2 is 2.07 bits per heavy atom. The molecule has 2 aromatic heterocycles. The summed E-state index contributed by atoms with van der Waals surface area (Å²) in [6.07, 6.45) is 5.04. The van der Waals surface area contributed by atoms with E-state index in [2.05, 4.69) is 21.3 Å². The van der Waals surface area contributed by atoms with Crippen LogP contribution in [0.15, 0.2) is 62.4 Å². The Bertz CT molecular complexity index is 1260. The second kappa shape index (κ2) is 6.01. The standard InChI is InChI=1S/C19H13ClN8O2/c1-11-6-7-14(29-11)16-23-19(30-24-16)26-10-22-17-12-4-2-3-5-13(12)27-15(28(17)26)8-25(9-21)18(27)20/h2-8,10,17-18H,1H3. The Hall–Kier alpha value is -3.97. The molecule has 3 aliphatic heterocycles. The number of anilines is 2. The van der Waals surface area contributed by atoms with Gasteiger partial charge in [-0.2, -0.15) is 15.3 Å². The monoisotopic (exact) mass is 420 g/mol. The Morgan fingerprint density at radius 1 is 1.20 bits per heavy atom. The van der Waals surface area contributed by atoms with Crippen molar-refractivity contribution in [1.82, 2.24) is 20.0 Å². The number of nitrogens with zero attached hydrogens (tertiary/aromatic N) is 8. The molecule has 148 valence electrons. The van der Waals surface area contributed by atoms with Crippen molar-refractivity contribution < 1.29 is 8.94 Å². The number of furan rings is 1. The highest BCUT2D eigenvalue weighted by Gasteiger charge is 2.48. The van der Waals surface area contributed by atoms with Crippen LogP contribution in [0.3, 0.4) is 0 Å². The highest BCUT2D eigenvalue weighted by atomic mass is 35.5. The molecule has 10 nitrogen and oxygen atoms in total. The number of hydrazine groups is 1. The maximum absolute atomic E-state index is 9.49. The van der Waals surface area contributed by atoms with Crippen molar-refractivity contribution in [3.05, 3.63) is 59.7 Å². The van der Waals surface area contributed by atoms with Gasteiger partial charge in [-0.15, -0.1) is 0 Å². The SMILES string of the molecule is Cc1ccc(-c2noc(N3C=NC4c5ccccc5N5C(=CN(C#N)C5Cl)N43)n2)o1. The third-order valence-electron chi connectivity index (χ3n) is 5.12.